The van der Waals surface area contributed by atoms with Crippen LogP contribution in [0.5, 0.6) is 0 Å². The molecular formula is C34H34Cl2F2N8O5S. The van der Waals surface area contributed by atoms with Gasteiger partial charge < -0.3 is 27.0 Å². The van der Waals surface area contributed by atoms with Gasteiger partial charge in [0.2, 0.25) is 6.34 Å². The molecule has 2 unspecified atom stereocenters. The number of thiazole rings is 1. The molecule has 13 nitrogen and oxygen atoms in total. The van der Waals surface area contributed by atoms with Gasteiger partial charge in [0.25, 0.3) is 0 Å². The second kappa shape index (κ2) is 18.0. The number of amides is 1. The molecule has 2 aromatic carbocycles. The van der Waals surface area contributed by atoms with Gasteiger partial charge in [0.1, 0.15) is 37.1 Å². The van der Waals surface area contributed by atoms with Gasteiger partial charge in [-0.2, -0.15) is 10.3 Å². The summed E-state index contributed by atoms with van der Waals surface area (Å²) in [6, 6.07) is 15.0. The normalized spacial score (nSPS) is 16.7. The number of nitrogens with one attached hydrogen (secondary N) is 2. The maximum absolute atomic E-state index is 15.5. The molecule has 0 spiro atoms. The Morgan fingerprint density at radius 1 is 1.17 bits per heavy atom. The maximum atomic E-state index is 15.5. The Kier molecular flexibility index (Phi) is 14.4. The smallest absolute Gasteiger partial charge is 0.413 e. The molecule has 0 bridgehead atoms. The number of esters is 1. The van der Waals surface area contributed by atoms with Crippen molar-refractivity contribution in [2.24, 2.45) is 10.1 Å². The third kappa shape index (κ3) is 9.50. The van der Waals surface area contributed by atoms with Crippen LogP contribution < -0.4 is 23.0 Å². The molecule has 0 aliphatic carbocycles. The number of aliphatic imine (C=N–C) groups is 1. The molecule has 2 aromatic heterocycles. The van der Waals surface area contributed by atoms with E-state index in [1.165, 1.54) is 37.1 Å². The molecule has 1 aliphatic rings. The fraction of sp³-hybridized carbons (Fsp3) is 0.265. The molecule has 5 rings (SSSR count). The van der Waals surface area contributed by atoms with Crippen molar-refractivity contribution in [2.75, 3.05) is 32.1 Å². The highest BCUT2D eigenvalue weighted by Gasteiger charge is 2.49. The number of halogens is 4. The standard InChI is InChI=1S/C34H32F2N8O5S.2ClH/c1-21(32-42-29(17-50-32)24-8-6-23(16-37)7-9-24)34(47,27-15-25(35)10-11-28(27)36)18-44(20-39-19-41-44)13-14-48-33(46)43-30-26(5-4-12-40-30)31(38-3)49-22(2)45;;/h4-12,15,17,19-21,31,38,47H,13-14,18H2,1-3H3;2*1H/t21-,31?,34+,44?;;/m0../s1. The van der Waals surface area contributed by atoms with Crippen molar-refractivity contribution in [3.63, 3.8) is 0 Å². The number of aromatic nitrogens is 2. The van der Waals surface area contributed by atoms with Crippen LogP contribution in [0.2, 0.25) is 0 Å². The molecule has 0 saturated heterocycles. The Morgan fingerprint density at radius 2 is 1.92 bits per heavy atom. The van der Waals surface area contributed by atoms with Gasteiger partial charge in [0.15, 0.2) is 18.2 Å². The Hall–Kier alpha value is -4.89. The predicted molar refractivity (Wildman–Crippen MR) is 188 cm³/mol. The average Bonchev–Trinajstić information content (AvgIpc) is 3.79. The van der Waals surface area contributed by atoms with Crippen LogP contribution in [0.15, 0.2) is 76.3 Å². The van der Waals surface area contributed by atoms with E-state index in [-0.39, 0.29) is 55.9 Å². The number of hydrogen-bond donors (Lipinski definition) is 3. The first-order valence-electron chi connectivity index (χ1n) is 15.3. The monoisotopic (exact) mass is 774 g/mol. The summed E-state index contributed by atoms with van der Waals surface area (Å²) in [4.78, 5) is 37.4. The van der Waals surface area contributed by atoms with E-state index in [1.54, 1.807) is 55.7 Å². The summed E-state index contributed by atoms with van der Waals surface area (Å²) in [5.74, 6) is -2.93. The number of carbonyl (C=O) groups is 2. The van der Waals surface area contributed by atoms with Gasteiger partial charge >= 0.3 is 12.1 Å². The van der Waals surface area contributed by atoms with E-state index in [0.717, 1.165) is 23.8 Å². The van der Waals surface area contributed by atoms with E-state index in [9.17, 15) is 19.1 Å². The van der Waals surface area contributed by atoms with Crippen molar-refractivity contribution in [2.45, 2.75) is 31.6 Å². The lowest BCUT2D eigenvalue weighted by atomic mass is 9.81. The molecule has 0 saturated carbocycles. The number of nitriles is 1. The topological polar surface area (TPSA) is 171 Å². The van der Waals surface area contributed by atoms with Crippen LogP contribution in [0.25, 0.3) is 11.3 Å². The van der Waals surface area contributed by atoms with E-state index in [0.29, 0.717) is 21.8 Å². The number of nitrogens with zero attached hydrogens (tertiary/aromatic N) is 6. The van der Waals surface area contributed by atoms with Crippen molar-refractivity contribution in [1.82, 2.24) is 15.3 Å². The summed E-state index contributed by atoms with van der Waals surface area (Å²) < 4.78 is 40.3. The van der Waals surface area contributed by atoms with E-state index < -0.39 is 46.0 Å². The van der Waals surface area contributed by atoms with E-state index >= 15 is 4.39 Å². The quantitative estimate of drug-likeness (QED) is 0.105. The Balaban J connectivity index is 0.00000364. The number of hydrogen-bond acceptors (Lipinski definition) is 12. The molecule has 3 heterocycles. The zero-order valence-electron chi connectivity index (χ0n) is 28.0. The van der Waals surface area contributed by atoms with Crippen LogP contribution in [-0.4, -0.2) is 71.2 Å². The van der Waals surface area contributed by atoms with E-state index in [4.69, 9.17) is 19.7 Å². The molecule has 4 aromatic rings. The molecule has 18 heteroatoms. The van der Waals surface area contributed by atoms with Gasteiger partial charge in [-0.3, -0.25) is 15.4 Å². The highest BCUT2D eigenvalue weighted by Crippen LogP contribution is 2.42. The van der Waals surface area contributed by atoms with Gasteiger partial charge in [-0.25, -0.2) is 23.5 Å². The lowest BCUT2D eigenvalue weighted by Gasteiger charge is -2.38. The van der Waals surface area contributed by atoms with Gasteiger partial charge in [0.05, 0.1) is 27.9 Å². The van der Waals surface area contributed by atoms with Crippen LogP contribution in [0.1, 0.15) is 47.7 Å². The molecule has 0 radical (unpaired) electrons. The first-order valence-corrected chi connectivity index (χ1v) is 16.2. The molecule has 3 N–H and O–H groups in total. The molecule has 274 valence electrons. The third-order valence-corrected chi connectivity index (χ3v) is 9.08. The minimum Gasteiger partial charge on any atom is -1.00 e. The van der Waals surface area contributed by atoms with Gasteiger partial charge in [-0.05, 0) is 49.5 Å². The minimum absolute atomic E-state index is 0. The lowest BCUT2D eigenvalue weighted by Crippen LogP contribution is -3.00. The number of rotatable bonds is 13. The first-order chi connectivity index (χ1) is 24.0. The summed E-state index contributed by atoms with van der Waals surface area (Å²) in [7, 11) is 1.57. The number of aliphatic hydroxyl groups is 1. The average molecular weight is 776 g/mol. The lowest BCUT2D eigenvalue weighted by molar-refractivity contribution is -0.848. The second-order valence-electron chi connectivity index (χ2n) is 11.4. The molecular weight excluding hydrogens is 741 g/mol. The first kappa shape index (κ1) is 41.5. The van der Waals surface area contributed by atoms with Gasteiger partial charge in [-0.15, -0.1) is 28.3 Å². The van der Waals surface area contributed by atoms with Crippen molar-refractivity contribution in [1.29, 1.82) is 5.26 Å². The number of anilines is 1. The summed E-state index contributed by atoms with van der Waals surface area (Å²) in [6.45, 7) is 2.28. The highest BCUT2D eigenvalue weighted by atomic mass is 35.5. The molecule has 4 atom stereocenters. The van der Waals surface area contributed by atoms with Crippen LogP contribution >= 0.6 is 23.7 Å². The summed E-state index contributed by atoms with van der Waals surface area (Å²) >= 11 is 1.23. The summed E-state index contributed by atoms with van der Waals surface area (Å²) in [5.41, 5.74) is -0.217. The van der Waals surface area contributed by atoms with Crippen molar-refractivity contribution >= 4 is 54.3 Å². The van der Waals surface area contributed by atoms with Crippen molar-refractivity contribution in [3.8, 4) is 17.3 Å². The molecule has 1 aliphatic heterocycles. The SMILES string of the molecule is CNC(OC(C)=O)c1cccnc1NC(=O)OCC[N+]1(C[C@](O)(c2cc(F)ccc2F)[C@@H](C)c2nc(-c3ccc(C#N)cc3)cs2)C=NC=N1.Cl.[Cl-]. The number of ether oxygens (including phenoxy) is 2. The summed E-state index contributed by atoms with van der Waals surface area (Å²) in [5, 5.41) is 33.6. The minimum atomic E-state index is -2.09. The zero-order valence-corrected chi connectivity index (χ0v) is 30.4. The second-order valence-corrected chi connectivity index (χ2v) is 12.3. The molecule has 1 amide bonds. The van der Waals surface area contributed by atoms with Crippen LogP contribution in [0.3, 0.4) is 0 Å². The van der Waals surface area contributed by atoms with E-state index in [1.807, 2.05) is 0 Å². The number of pyridine rings is 1. The highest BCUT2D eigenvalue weighted by molar-refractivity contribution is 7.10. The molecule has 0 fully saturated rings. The van der Waals surface area contributed by atoms with Crippen LogP contribution in [0.4, 0.5) is 19.4 Å². The number of carbonyl (C=O) groups excluding carboxylic acids is 2. The largest absolute Gasteiger partial charge is 1.00 e. The maximum Gasteiger partial charge on any atom is 0.413 e. The Morgan fingerprint density at radius 3 is 2.58 bits per heavy atom. The third-order valence-electron chi connectivity index (χ3n) is 8.06. The Bertz CT molecular complexity index is 1970. The fourth-order valence-corrected chi connectivity index (χ4v) is 6.41. The van der Waals surface area contributed by atoms with Gasteiger partial charge in [0, 0.05) is 35.5 Å². The van der Waals surface area contributed by atoms with E-state index in [2.05, 4.69) is 31.8 Å². The van der Waals surface area contributed by atoms with Crippen molar-refractivity contribution < 1.29 is 49.9 Å². The molecule has 52 heavy (non-hydrogen) atoms. The fourth-order valence-electron chi connectivity index (χ4n) is 5.44. The predicted octanol–water partition coefficient (Wildman–Crippen LogP) is 2.60. The summed E-state index contributed by atoms with van der Waals surface area (Å²) in [6.07, 6.45) is 2.35. The van der Waals surface area contributed by atoms with Crippen LogP contribution in [-0.2, 0) is 19.9 Å². The van der Waals surface area contributed by atoms with Crippen molar-refractivity contribution in [3.05, 3.63) is 99.5 Å². The Labute approximate surface area is 314 Å². The number of benzene rings is 2. The van der Waals surface area contributed by atoms with Crippen LogP contribution in [0, 0.1) is 23.0 Å². The van der Waals surface area contributed by atoms with Gasteiger partial charge in [-0.1, -0.05) is 24.2 Å². The number of quaternary nitrogens is 1. The zero-order chi connectivity index (χ0) is 35.9.